The number of carbonyl (C=O) groups excluding carboxylic acids is 1. The van der Waals surface area contributed by atoms with Gasteiger partial charge in [0.05, 0.1) is 5.39 Å². The molecule has 3 aromatic rings. The number of hydrogen-bond acceptors (Lipinski definition) is 5. The zero-order valence-electron chi connectivity index (χ0n) is 16.0. The Bertz CT molecular complexity index is 1050. The van der Waals surface area contributed by atoms with Gasteiger partial charge in [-0.2, -0.15) is 0 Å². The standard InChI is InChI=1S/C21H24BrN3O2S/c1-3-25(4-2)10-9-24-17-7-5-14(12-23-13-26)21-19(17)20(27)16-11-15(22)6-8-18(16)28-21/h5-8,11,13,24H,3-4,9-10,12H2,1-2H3,(H,23,26). The number of carbonyl (C=O) groups is 1. The van der Waals surface area contributed by atoms with Crippen LogP contribution in [0.5, 0.6) is 0 Å². The zero-order chi connectivity index (χ0) is 20.1. The van der Waals surface area contributed by atoms with Crippen molar-refractivity contribution in [3.63, 3.8) is 0 Å². The summed E-state index contributed by atoms with van der Waals surface area (Å²) in [6.07, 6.45) is 0.684. The number of benzene rings is 2. The van der Waals surface area contributed by atoms with E-state index in [1.54, 1.807) is 11.3 Å². The fourth-order valence-electron chi connectivity index (χ4n) is 3.31. The molecule has 0 bridgehead atoms. The first-order valence-corrected chi connectivity index (χ1v) is 11.0. The van der Waals surface area contributed by atoms with Crippen LogP contribution in [0.25, 0.3) is 20.2 Å². The lowest BCUT2D eigenvalue weighted by Crippen LogP contribution is -2.28. The van der Waals surface area contributed by atoms with Crippen LogP contribution in [0.3, 0.4) is 0 Å². The second-order valence-electron chi connectivity index (χ2n) is 6.50. The third-order valence-electron chi connectivity index (χ3n) is 4.88. The number of hydrogen-bond donors (Lipinski definition) is 2. The summed E-state index contributed by atoms with van der Waals surface area (Å²) in [4.78, 5) is 26.4. The van der Waals surface area contributed by atoms with Crippen molar-refractivity contribution < 1.29 is 4.79 Å². The van der Waals surface area contributed by atoms with Gasteiger partial charge < -0.3 is 15.5 Å². The molecule has 0 spiro atoms. The SMILES string of the molecule is CCN(CC)CCNc1ccc(CNC=O)c2sc3ccc(Br)cc3c(=O)c12. The van der Waals surface area contributed by atoms with E-state index in [0.29, 0.717) is 23.7 Å². The van der Waals surface area contributed by atoms with Crippen LogP contribution in [0.2, 0.25) is 0 Å². The molecule has 0 fully saturated rings. The van der Waals surface area contributed by atoms with Gasteiger partial charge in [0.25, 0.3) is 0 Å². The fourth-order valence-corrected chi connectivity index (χ4v) is 4.86. The number of fused-ring (bicyclic) bond motifs is 2. The topological polar surface area (TPSA) is 61.4 Å². The van der Waals surface area contributed by atoms with Crippen LogP contribution < -0.4 is 16.1 Å². The van der Waals surface area contributed by atoms with E-state index in [-0.39, 0.29) is 5.43 Å². The van der Waals surface area contributed by atoms with Crippen LogP contribution in [-0.2, 0) is 11.3 Å². The van der Waals surface area contributed by atoms with Gasteiger partial charge in [0, 0.05) is 44.6 Å². The molecule has 0 unspecified atom stereocenters. The highest BCUT2D eigenvalue weighted by Crippen LogP contribution is 2.33. The molecule has 0 atom stereocenters. The molecular weight excluding hydrogens is 438 g/mol. The largest absolute Gasteiger partial charge is 0.383 e. The van der Waals surface area contributed by atoms with Crippen molar-refractivity contribution in [2.24, 2.45) is 0 Å². The number of anilines is 1. The maximum atomic E-state index is 13.3. The normalized spacial score (nSPS) is 11.3. The lowest BCUT2D eigenvalue weighted by atomic mass is 10.1. The molecule has 0 aliphatic rings. The highest BCUT2D eigenvalue weighted by molar-refractivity contribution is 9.10. The minimum absolute atomic E-state index is 0.0170. The van der Waals surface area contributed by atoms with Crippen molar-refractivity contribution in [3.05, 3.63) is 50.6 Å². The Labute approximate surface area is 176 Å². The number of amides is 1. The molecule has 7 heteroatoms. The van der Waals surface area contributed by atoms with Gasteiger partial charge in [0.15, 0.2) is 5.43 Å². The third-order valence-corrected chi connectivity index (χ3v) is 6.62. The van der Waals surface area contributed by atoms with Gasteiger partial charge in [-0.15, -0.1) is 11.3 Å². The van der Waals surface area contributed by atoms with E-state index in [9.17, 15) is 9.59 Å². The molecule has 0 saturated carbocycles. The number of likely N-dealkylation sites (N-methyl/N-ethyl adjacent to an activating group) is 1. The molecule has 1 aromatic heterocycles. The van der Waals surface area contributed by atoms with Crippen molar-refractivity contribution in [2.75, 3.05) is 31.5 Å². The molecule has 3 rings (SSSR count). The van der Waals surface area contributed by atoms with Gasteiger partial charge in [-0.3, -0.25) is 9.59 Å². The molecular formula is C21H24BrN3O2S. The van der Waals surface area contributed by atoms with Gasteiger partial charge in [-0.25, -0.2) is 0 Å². The van der Waals surface area contributed by atoms with Gasteiger partial charge in [-0.1, -0.05) is 35.8 Å². The number of nitrogens with zero attached hydrogens (tertiary/aromatic N) is 1. The fraction of sp³-hybridized carbons (Fsp3) is 0.333. The number of rotatable bonds is 9. The second kappa shape index (κ2) is 9.49. The molecule has 0 radical (unpaired) electrons. The van der Waals surface area contributed by atoms with E-state index in [1.807, 2.05) is 30.3 Å². The van der Waals surface area contributed by atoms with Crippen molar-refractivity contribution in [3.8, 4) is 0 Å². The lowest BCUT2D eigenvalue weighted by molar-refractivity contribution is -0.109. The number of nitrogens with one attached hydrogen (secondary N) is 2. The van der Waals surface area contributed by atoms with Crippen LogP contribution >= 0.6 is 27.3 Å². The molecule has 0 saturated heterocycles. The van der Waals surface area contributed by atoms with Crippen molar-refractivity contribution in [1.82, 2.24) is 10.2 Å². The Morgan fingerprint density at radius 3 is 2.68 bits per heavy atom. The van der Waals surface area contributed by atoms with E-state index in [2.05, 4.69) is 45.3 Å². The van der Waals surface area contributed by atoms with Crippen LogP contribution in [0.4, 0.5) is 5.69 Å². The minimum atomic E-state index is 0.0170. The summed E-state index contributed by atoms with van der Waals surface area (Å²) in [7, 11) is 0. The van der Waals surface area contributed by atoms with Gasteiger partial charge in [-0.05, 0) is 42.9 Å². The second-order valence-corrected chi connectivity index (χ2v) is 8.47. The quantitative estimate of drug-likeness (QED) is 0.370. The van der Waals surface area contributed by atoms with E-state index >= 15 is 0 Å². The molecule has 148 valence electrons. The molecule has 1 amide bonds. The van der Waals surface area contributed by atoms with Crippen LogP contribution in [0, 0.1) is 0 Å². The van der Waals surface area contributed by atoms with Gasteiger partial charge in [0.2, 0.25) is 6.41 Å². The Morgan fingerprint density at radius 1 is 1.18 bits per heavy atom. The Balaban J connectivity index is 2.10. The van der Waals surface area contributed by atoms with Crippen molar-refractivity contribution in [2.45, 2.75) is 20.4 Å². The summed E-state index contributed by atoms with van der Waals surface area (Å²) >= 11 is 5.05. The highest BCUT2D eigenvalue weighted by atomic mass is 79.9. The molecule has 5 nitrogen and oxygen atoms in total. The van der Waals surface area contributed by atoms with E-state index in [0.717, 1.165) is 51.3 Å². The summed E-state index contributed by atoms with van der Waals surface area (Å²) in [5, 5.41) is 7.57. The Kier molecular flexibility index (Phi) is 7.04. The number of halogens is 1. The molecule has 2 aromatic carbocycles. The monoisotopic (exact) mass is 461 g/mol. The van der Waals surface area contributed by atoms with E-state index in [1.165, 1.54) is 0 Å². The average Bonchev–Trinajstić information content (AvgIpc) is 2.71. The summed E-state index contributed by atoms with van der Waals surface area (Å²) in [6, 6.07) is 9.72. The molecule has 0 aliphatic carbocycles. The average molecular weight is 462 g/mol. The van der Waals surface area contributed by atoms with Gasteiger partial charge in [0.1, 0.15) is 0 Å². The first-order valence-electron chi connectivity index (χ1n) is 9.40. The van der Waals surface area contributed by atoms with Crippen molar-refractivity contribution >= 4 is 59.5 Å². The third kappa shape index (κ3) is 4.37. The van der Waals surface area contributed by atoms with E-state index < -0.39 is 0 Å². The molecule has 2 N–H and O–H groups in total. The first-order chi connectivity index (χ1) is 13.6. The van der Waals surface area contributed by atoms with E-state index in [4.69, 9.17) is 0 Å². The molecule has 1 heterocycles. The minimum Gasteiger partial charge on any atom is -0.383 e. The summed E-state index contributed by atoms with van der Waals surface area (Å²) in [5.41, 5.74) is 1.81. The molecule has 28 heavy (non-hydrogen) atoms. The Hall–Kier alpha value is -1.96. The summed E-state index contributed by atoms with van der Waals surface area (Å²) in [6.45, 7) is 8.39. The van der Waals surface area contributed by atoms with Crippen LogP contribution in [-0.4, -0.2) is 37.5 Å². The molecule has 0 aliphatic heterocycles. The predicted molar refractivity (Wildman–Crippen MR) is 122 cm³/mol. The summed E-state index contributed by atoms with van der Waals surface area (Å²) < 4.78 is 2.74. The van der Waals surface area contributed by atoms with Crippen molar-refractivity contribution in [1.29, 1.82) is 0 Å². The predicted octanol–water partition coefficient (Wildman–Crippen LogP) is 4.18. The first kappa shape index (κ1) is 20.8. The van der Waals surface area contributed by atoms with Gasteiger partial charge >= 0.3 is 0 Å². The Morgan fingerprint density at radius 2 is 1.96 bits per heavy atom. The lowest BCUT2D eigenvalue weighted by Gasteiger charge is -2.19. The van der Waals surface area contributed by atoms with Crippen LogP contribution in [0.15, 0.2) is 39.6 Å². The summed E-state index contributed by atoms with van der Waals surface area (Å²) in [5.74, 6) is 0. The highest BCUT2D eigenvalue weighted by Gasteiger charge is 2.14. The smallest absolute Gasteiger partial charge is 0.207 e. The maximum Gasteiger partial charge on any atom is 0.207 e. The zero-order valence-corrected chi connectivity index (χ0v) is 18.5. The van der Waals surface area contributed by atoms with Crippen LogP contribution in [0.1, 0.15) is 19.4 Å². The maximum absolute atomic E-state index is 13.3.